The average Bonchev–Trinajstić information content (AvgIpc) is 3.44. The largest absolute Gasteiger partial charge is 0.494 e. The first-order chi connectivity index (χ1) is 17.8. The van der Waals surface area contributed by atoms with Crippen LogP contribution in [0.3, 0.4) is 0 Å². The fourth-order valence-corrected chi connectivity index (χ4v) is 4.21. The molecular formula is C26H22F3N5O3. The van der Waals surface area contributed by atoms with Crippen LogP contribution in [0.5, 0.6) is 17.5 Å². The summed E-state index contributed by atoms with van der Waals surface area (Å²) in [5.41, 5.74) is 3.55. The smallest absolute Gasteiger partial charge is 0.408 e. The number of nitrogens with zero attached hydrogens (tertiary/aromatic N) is 5. The number of fused-ring (bicyclic) bond motifs is 1. The second kappa shape index (κ2) is 9.49. The van der Waals surface area contributed by atoms with Crippen molar-refractivity contribution in [3.8, 4) is 34.5 Å². The molecule has 190 valence electrons. The van der Waals surface area contributed by atoms with Crippen LogP contribution in [0.15, 0.2) is 67.1 Å². The molecule has 0 fully saturated rings. The molecule has 4 aromatic heterocycles. The van der Waals surface area contributed by atoms with Crippen molar-refractivity contribution in [1.82, 2.24) is 24.3 Å². The first-order valence-corrected chi connectivity index (χ1v) is 11.2. The Morgan fingerprint density at radius 1 is 1.00 bits per heavy atom. The molecule has 0 radical (unpaired) electrons. The molecule has 1 aromatic carbocycles. The molecular weight excluding hydrogens is 487 g/mol. The minimum atomic E-state index is -4.43. The van der Waals surface area contributed by atoms with E-state index in [0.717, 1.165) is 10.2 Å². The van der Waals surface area contributed by atoms with Crippen LogP contribution in [0, 0.1) is 0 Å². The van der Waals surface area contributed by atoms with Gasteiger partial charge in [-0.3, -0.25) is 9.25 Å². The Morgan fingerprint density at radius 2 is 1.78 bits per heavy atom. The number of ether oxygens (including phenoxy) is 2. The Bertz CT molecular complexity index is 1560. The monoisotopic (exact) mass is 509 g/mol. The number of methoxy groups -OCH3 is 2. The SMILES string of the molecule is COc1cc(-c2ccc3c(O)n(-c4cnn(CC(F)(F)F)c4)c(Cc4ccccc4)c3n2)cnc1OC. The third kappa shape index (κ3) is 4.80. The molecule has 8 nitrogen and oxygen atoms in total. The van der Waals surface area contributed by atoms with Gasteiger partial charge in [0.15, 0.2) is 5.75 Å². The lowest BCUT2D eigenvalue weighted by Crippen LogP contribution is -2.17. The molecule has 0 saturated carbocycles. The lowest BCUT2D eigenvalue weighted by Gasteiger charge is -2.10. The fraction of sp³-hybridized carbons (Fsp3) is 0.192. The van der Waals surface area contributed by atoms with E-state index in [9.17, 15) is 18.3 Å². The van der Waals surface area contributed by atoms with Gasteiger partial charge in [0.05, 0.1) is 48.4 Å². The first kappa shape index (κ1) is 24.2. The number of aromatic hydroxyl groups is 1. The molecule has 0 aliphatic rings. The number of aromatic nitrogens is 5. The van der Waals surface area contributed by atoms with E-state index in [1.165, 1.54) is 31.2 Å². The highest BCUT2D eigenvalue weighted by atomic mass is 19.4. The normalized spacial score (nSPS) is 11.7. The molecule has 5 rings (SSSR count). The topological polar surface area (TPSA) is 87.2 Å². The van der Waals surface area contributed by atoms with Crippen molar-refractivity contribution < 1.29 is 27.8 Å². The van der Waals surface area contributed by atoms with E-state index >= 15 is 0 Å². The summed E-state index contributed by atoms with van der Waals surface area (Å²) in [7, 11) is 3.00. The minimum absolute atomic E-state index is 0.142. The molecule has 11 heteroatoms. The van der Waals surface area contributed by atoms with E-state index in [2.05, 4.69) is 10.1 Å². The van der Waals surface area contributed by atoms with E-state index in [0.29, 0.717) is 51.6 Å². The molecule has 0 atom stereocenters. The van der Waals surface area contributed by atoms with Crippen LogP contribution < -0.4 is 9.47 Å². The molecule has 0 aliphatic heterocycles. The molecule has 0 bridgehead atoms. The molecule has 37 heavy (non-hydrogen) atoms. The predicted molar refractivity (Wildman–Crippen MR) is 130 cm³/mol. The fourth-order valence-electron chi connectivity index (χ4n) is 4.21. The van der Waals surface area contributed by atoms with Gasteiger partial charge in [0, 0.05) is 24.4 Å². The summed E-state index contributed by atoms with van der Waals surface area (Å²) in [5.74, 6) is 0.623. The van der Waals surface area contributed by atoms with Gasteiger partial charge in [-0.2, -0.15) is 18.3 Å². The van der Waals surface area contributed by atoms with Gasteiger partial charge in [-0.25, -0.2) is 9.97 Å². The summed E-state index contributed by atoms with van der Waals surface area (Å²) in [6.45, 7) is -1.24. The summed E-state index contributed by atoms with van der Waals surface area (Å²) in [5, 5.41) is 15.5. The summed E-state index contributed by atoms with van der Waals surface area (Å²) < 4.78 is 51.6. The first-order valence-electron chi connectivity index (χ1n) is 11.2. The highest BCUT2D eigenvalue weighted by Gasteiger charge is 2.29. The highest BCUT2D eigenvalue weighted by Crippen LogP contribution is 2.37. The van der Waals surface area contributed by atoms with E-state index in [1.807, 2.05) is 30.3 Å². The van der Waals surface area contributed by atoms with Crippen molar-refractivity contribution in [3.63, 3.8) is 0 Å². The number of hydrogen-bond donors (Lipinski definition) is 1. The van der Waals surface area contributed by atoms with Gasteiger partial charge in [0.25, 0.3) is 5.88 Å². The van der Waals surface area contributed by atoms with E-state index in [1.54, 1.807) is 24.4 Å². The second-order valence-corrected chi connectivity index (χ2v) is 8.31. The molecule has 1 N–H and O–H groups in total. The van der Waals surface area contributed by atoms with E-state index in [4.69, 9.17) is 14.5 Å². The van der Waals surface area contributed by atoms with Crippen LogP contribution >= 0.6 is 0 Å². The maximum absolute atomic E-state index is 12.9. The Kier molecular flexibility index (Phi) is 6.20. The summed E-state index contributed by atoms with van der Waals surface area (Å²) in [6, 6.07) is 14.7. The van der Waals surface area contributed by atoms with Crippen LogP contribution in [-0.4, -0.2) is 49.8 Å². The molecule has 0 aliphatic carbocycles. The zero-order valence-electron chi connectivity index (χ0n) is 19.9. The molecule has 0 amide bonds. The van der Waals surface area contributed by atoms with Gasteiger partial charge >= 0.3 is 6.18 Å². The number of alkyl halides is 3. The quantitative estimate of drug-likeness (QED) is 0.326. The van der Waals surface area contributed by atoms with E-state index in [-0.39, 0.29) is 5.88 Å². The van der Waals surface area contributed by atoms with Crippen LogP contribution in [-0.2, 0) is 13.0 Å². The van der Waals surface area contributed by atoms with Crippen molar-refractivity contribution >= 4 is 10.9 Å². The number of pyridine rings is 2. The maximum Gasteiger partial charge on any atom is 0.408 e. The Morgan fingerprint density at radius 3 is 2.49 bits per heavy atom. The highest BCUT2D eigenvalue weighted by molar-refractivity contribution is 5.90. The Balaban J connectivity index is 1.67. The van der Waals surface area contributed by atoms with Crippen molar-refractivity contribution in [2.75, 3.05) is 14.2 Å². The Labute approximate surface area is 209 Å². The molecule has 4 heterocycles. The zero-order chi connectivity index (χ0) is 26.2. The van der Waals surface area contributed by atoms with Crippen molar-refractivity contribution in [1.29, 1.82) is 0 Å². The number of halogens is 3. The number of rotatable bonds is 7. The van der Waals surface area contributed by atoms with Crippen molar-refractivity contribution in [2.24, 2.45) is 0 Å². The second-order valence-electron chi connectivity index (χ2n) is 8.31. The maximum atomic E-state index is 12.9. The van der Waals surface area contributed by atoms with Gasteiger partial charge in [-0.15, -0.1) is 0 Å². The lowest BCUT2D eigenvalue weighted by atomic mass is 10.1. The molecule has 0 saturated heterocycles. The Hall–Kier alpha value is -4.54. The third-order valence-electron chi connectivity index (χ3n) is 5.85. The van der Waals surface area contributed by atoms with Crippen molar-refractivity contribution in [2.45, 2.75) is 19.1 Å². The number of benzene rings is 1. The van der Waals surface area contributed by atoms with Crippen LogP contribution in [0.25, 0.3) is 27.8 Å². The van der Waals surface area contributed by atoms with Crippen LogP contribution in [0.4, 0.5) is 13.2 Å². The summed E-state index contributed by atoms with van der Waals surface area (Å²) in [6.07, 6.45) is 0.0780. The van der Waals surface area contributed by atoms with Gasteiger partial charge in [-0.1, -0.05) is 30.3 Å². The number of hydrogen-bond acceptors (Lipinski definition) is 6. The van der Waals surface area contributed by atoms with Gasteiger partial charge in [0.1, 0.15) is 6.54 Å². The third-order valence-corrected chi connectivity index (χ3v) is 5.85. The molecule has 5 aromatic rings. The summed E-state index contributed by atoms with van der Waals surface area (Å²) in [4.78, 5) is 9.09. The average molecular weight is 509 g/mol. The van der Waals surface area contributed by atoms with Crippen LogP contribution in [0.1, 0.15) is 11.3 Å². The van der Waals surface area contributed by atoms with Crippen molar-refractivity contribution in [3.05, 3.63) is 78.4 Å². The molecule has 0 unspecified atom stereocenters. The summed E-state index contributed by atoms with van der Waals surface area (Å²) >= 11 is 0. The van der Waals surface area contributed by atoms with Gasteiger partial charge in [-0.05, 0) is 23.8 Å². The minimum Gasteiger partial charge on any atom is -0.494 e. The zero-order valence-corrected chi connectivity index (χ0v) is 19.9. The molecule has 0 spiro atoms. The van der Waals surface area contributed by atoms with Gasteiger partial charge in [0.2, 0.25) is 5.88 Å². The van der Waals surface area contributed by atoms with Crippen LogP contribution in [0.2, 0.25) is 0 Å². The van der Waals surface area contributed by atoms with Gasteiger partial charge < -0.3 is 14.6 Å². The predicted octanol–water partition coefficient (Wildman–Crippen LogP) is 5.16. The lowest BCUT2D eigenvalue weighted by molar-refractivity contribution is -0.142. The van der Waals surface area contributed by atoms with E-state index < -0.39 is 12.7 Å². The standard InChI is InChI=1S/C26H22F3N5O3/c1-36-22-11-17(12-30-24(22)37-2)20-9-8-19-23(32-20)21(10-16-6-4-3-5-7-16)34(25(19)35)18-13-31-33(14-18)15-26(27,28)29/h3-9,11-14,35H,10,15H2,1-2H3.